The van der Waals surface area contributed by atoms with E-state index in [2.05, 4.69) is 55.3 Å². The molecule has 0 aliphatic rings. The molecule has 0 aliphatic heterocycles. The zero-order valence-corrected chi connectivity index (χ0v) is 14.3. The Morgan fingerprint density at radius 2 is 1.76 bits per heavy atom. The number of benzene rings is 2. The first-order valence-electron chi connectivity index (χ1n) is 6.93. The summed E-state index contributed by atoms with van der Waals surface area (Å²) in [7, 11) is -1.23. The van der Waals surface area contributed by atoms with Crippen LogP contribution in [-0.4, -0.2) is 8.07 Å². The van der Waals surface area contributed by atoms with Crippen molar-refractivity contribution in [3.8, 4) is 6.07 Å². The minimum absolute atomic E-state index is 0.483. The Labute approximate surface area is 132 Å². The predicted molar refractivity (Wildman–Crippen MR) is 92.9 cm³/mol. The summed E-state index contributed by atoms with van der Waals surface area (Å²) in [6.07, 6.45) is 0. The van der Waals surface area contributed by atoms with Crippen molar-refractivity contribution in [2.24, 2.45) is 0 Å². The molecule has 0 bridgehead atoms. The molecular formula is C17H19ClN2Si. The van der Waals surface area contributed by atoms with Gasteiger partial charge < -0.3 is 5.32 Å². The lowest BCUT2D eigenvalue weighted by Crippen LogP contribution is -2.37. The molecule has 2 aromatic rings. The molecule has 108 valence electrons. The van der Waals surface area contributed by atoms with Gasteiger partial charge in [-0.2, -0.15) is 5.26 Å². The van der Waals surface area contributed by atoms with Gasteiger partial charge in [-0.15, -0.1) is 0 Å². The van der Waals surface area contributed by atoms with Crippen molar-refractivity contribution in [3.63, 3.8) is 0 Å². The molecule has 0 amide bonds. The number of nitrogens with zero attached hydrogens (tertiary/aromatic N) is 1. The lowest BCUT2D eigenvalue weighted by molar-refractivity contribution is 1.15. The van der Waals surface area contributed by atoms with E-state index in [1.54, 1.807) is 12.1 Å². The summed E-state index contributed by atoms with van der Waals surface area (Å²) in [6.45, 7) is 7.78. The smallest absolute Gasteiger partial charge is 0.101 e. The van der Waals surface area contributed by atoms with Gasteiger partial charge in [-0.05, 0) is 23.8 Å². The van der Waals surface area contributed by atoms with Crippen LogP contribution in [0.4, 0.5) is 5.69 Å². The standard InChI is InChI=1S/C17H19ClN2Si/c1-21(2,3)16-8-4-13(5-9-16)12-20-15-7-6-14(11-19)17(18)10-15/h4-10,20H,12H2,1-3H3. The van der Waals surface area contributed by atoms with Gasteiger partial charge in [0.15, 0.2) is 0 Å². The van der Waals surface area contributed by atoms with Gasteiger partial charge in [-0.3, -0.25) is 0 Å². The van der Waals surface area contributed by atoms with Gasteiger partial charge in [0.25, 0.3) is 0 Å². The van der Waals surface area contributed by atoms with Crippen molar-refractivity contribution in [3.05, 3.63) is 58.6 Å². The highest BCUT2D eigenvalue weighted by Crippen LogP contribution is 2.20. The van der Waals surface area contributed by atoms with Gasteiger partial charge in [0, 0.05) is 12.2 Å². The molecule has 0 aliphatic carbocycles. The van der Waals surface area contributed by atoms with Crippen LogP contribution in [-0.2, 0) is 6.54 Å². The molecule has 1 N–H and O–H groups in total. The quantitative estimate of drug-likeness (QED) is 0.851. The Morgan fingerprint density at radius 3 is 2.29 bits per heavy atom. The summed E-state index contributed by atoms with van der Waals surface area (Å²) in [6, 6.07) is 16.3. The molecule has 4 heteroatoms. The molecule has 0 radical (unpaired) electrons. The molecular weight excluding hydrogens is 296 g/mol. The molecule has 0 unspecified atom stereocenters. The zero-order chi connectivity index (χ0) is 15.5. The van der Waals surface area contributed by atoms with Gasteiger partial charge >= 0.3 is 0 Å². The molecule has 2 rings (SSSR count). The minimum atomic E-state index is -1.23. The molecule has 2 aromatic carbocycles. The average molecular weight is 315 g/mol. The summed E-state index contributed by atoms with van der Waals surface area (Å²) < 4.78 is 0. The topological polar surface area (TPSA) is 35.8 Å². The number of halogens is 1. The number of nitriles is 1. The molecule has 0 heterocycles. The number of hydrogen-bond acceptors (Lipinski definition) is 2. The maximum absolute atomic E-state index is 8.86. The Balaban J connectivity index is 2.03. The van der Waals surface area contributed by atoms with Crippen LogP contribution in [0.5, 0.6) is 0 Å². The Morgan fingerprint density at radius 1 is 1.10 bits per heavy atom. The zero-order valence-electron chi connectivity index (χ0n) is 12.6. The largest absolute Gasteiger partial charge is 0.381 e. The SMILES string of the molecule is C[Si](C)(C)c1ccc(CNc2ccc(C#N)c(Cl)c2)cc1. The molecule has 2 nitrogen and oxygen atoms in total. The van der Waals surface area contributed by atoms with E-state index in [-0.39, 0.29) is 0 Å². The summed E-state index contributed by atoms with van der Waals surface area (Å²) in [5, 5.41) is 14.1. The van der Waals surface area contributed by atoms with Crippen molar-refractivity contribution in [1.82, 2.24) is 0 Å². The van der Waals surface area contributed by atoms with Gasteiger partial charge in [-0.25, -0.2) is 0 Å². The second-order valence-electron chi connectivity index (χ2n) is 6.11. The van der Waals surface area contributed by atoms with Crippen molar-refractivity contribution < 1.29 is 0 Å². The molecule has 0 saturated carbocycles. The monoisotopic (exact) mass is 314 g/mol. The Kier molecular flexibility index (Phi) is 4.72. The van der Waals surface area contributed by atoms with Crippen molar-refractivity contribution >= 4 is 30.5 Å². The third-order valence-electron chi connectivity index (χ3n) is 3.41. The van der Waals surface area contributed by atoms with Crippen LogP contribution in [0.15, 0.2) is 42.5 Å². The van der Waals surface area contributed by atoms with Crippen molar-refractivity contribution in [1.29, 1.82) is 5.26 Å². The van der Waals surface area contributed by atoms with Gasteiger partial charge in [0.2, 0.25) is 0 Å². The van der Waals surface area contributed by atoms with Gasteiger partial charge in [-0.1, -0.05) is 60.7 Å². The fourth-order valence-corrected chi connectivity index (χ4v) is 3.43. The van der Waals surface area contributed by atoms with E-state index in [9.17, 15) is 0 Å². The third kappa shape index (κ3) is 4.10. The first-order valence-corrected chi connectivity index (χ1v) is 10.8. The third-order valence-corrected chi connectivity index (χ3v) is 5.78. The second-order valence-corrected chi connectivity index (χ2v) is 11.6. The van der Waals surface area contributed by atoms with Crippen LogP contribution in [0, 0.1) is 11.3 Å². The lowest BCUT2D eigenvalue weighted by Gasteiger charge is -2.17. The van der Waals surface area contributed by atoms with Gasteiger partial charge in [0.05, 0.1) is 18.7 Å². The van der Waals surface area contributed by atoms with Crippen LogP contribution in [0.3, 0.4) is 0 Å². The number of hydrogen-bond donors (Lipinski definition) is 1. The van der Waals surface area contributed by atoms with Crippen LogP contribution in [0.25, 0.3) is 0 Å². The predicted octanol–water partition coefficient (Wildman–Crippen LogP) is 4.37. The van der Waals surface area contributed by atoms with E-state index in [0.29, 0.717) is 10.6 Å². The van der Waals surface area contributed by atoms with Crippen LogP contribution in [0.2, 0.25) is 24.7 Å². The molecule has 0 saturated heterocycles. The summed E-state index contributed by atoms with van der Waals surface area (Å²) in [5.41, 5.74) is 2.66. The second kappa shape index (κ2) is 6.34. The summed E-state index contributed by atoms with van der Waals surface area (Å²) >= 11 is 6.02. The first-order chi connectivity index (χ1) is 9.90. The average Bonchev–Trinajstić information content (AvgIpc) is 2.45. The first kappa shape index (κ1) is 15.6. The molecule has 0 aromatic heterocycles. The van der Waals surface area contributed by atoms with E-state index in [1.807, 2.05) is 6.07 Å². The highest BCUT2D eigenvalue weighted by atomic mass is 35.5. The normalized spacial score (nSPS) is 11.0. The number of nitrogens with one attached hydrogen (secondary N) is 1. The number of anilines is 1. The van der Waals surface area contributed by atoms with E-state index in [4.69, 9.17) is 16.9 Å². The molecule has 0 fully saturated rings. The van der Waals surface area contributed by atoms with E-state index < -0.39 is 8.07 Å². The van der Waals surface area contributed by atoms with Crippen molar-refractivity contribution in [2.75, 3.05) is 5.32 Å². The van der Waals surface area contributed by atoms with E-state index >= 15 is 0 Å². The molecule has 0 atom stereocenters. The molecule has 0 spiro atoms. The fraction of sp³-hybridized carbons (Fsp3) is 0.235. The fourth-order valence-electron chi connectivity index (χ4n) is 2.04. The van der Waals surface area contributed by atoms with E-state index in [0.717, 1.165) is 12.2 Å². The maximum atomic E-state index is 8.86. The summed E-state index contributed by atoms with van der Waals surface area (Å²) in [4.78, 5) is 0. The Bertz CT molecular complexity index is 667. The van der Waals surface area contributed by atoms with Crippen LogP contribution < -0.4 is 10.5 Å². The van der Waals surface area contributed by atoms with E-state index in [1.165, 1.54) is 10.8 Å². The summed E-state index contributed by atoms with van der Waals surface area (Å²) in [5.74, 6) is 0. The van der Waals surface area contributed by atoms with Gasteiger partial charge in [0.1, 0.15) is 6.07 Å². The molecule has 21 heavy (non-hydrogen) atoms. The van der Waals surface area contributed by atoms with Crippen LogP contribution in [0.1, 0.15) is 11.1 Å². The van der Waals surface area contributed by atoms with Crippen molar-refractivity contribution in [2.45, 2.75) is 26.2 Å². The number of rotatable bonds is 4. The highest BCUT2D eigenvalue weighted by molar-refractivity contribution is 6.88. The maximum Gasteiger partial charge on any atom is 0.101 e. The highest BCUT2D eigenvalue weighted by Gasteiger charge is 2.15. The van der Waals surface area contributed by atoms with Crippen LogP contribution >= 0.6 is 11.6 Å². The minimum Gasteiger partial charge on any atom is -0.381 e. The lowest BCUT2D eigenvalue weighted by atomic mass is 10.2. The Hall–Kier alpha value is -1.76.